The molecule has 0 bridgehead atoms. The van der Waals surface area contributed by atoms with Gasteiger partial charge in [-0.2, -0.15) is 5.10 Å². The second-order valence-electron chi connectivity index (χ2n) is 5.72. The SMILES string of the molecule is CCc1ccc2c(c1)C(c1cccs1)=NNC(c1ccc(Cl)cc1)=N2. The number of aryl methyl sites for hydroxylation is 1. The van der Waals surface area contributed by atoms with Crippen molar-refractivity contribution in [1.29, 1.82) is 0 Å². The van der Waals surface area contributed by atoms with Gasteiger partial charge in [0.1, 0.15) is 5.71 Å². The fourth-order valence-electron chi connectivity index (χ4n) is 2.74. The van der Waals surface area contributed by atoms with Crippen molar-refractivity contribution in [3.05, 3.63) is 86.6 Å². The van der Waals surface area contributed by atoms with Crippen LogP contribution in [-0.2, 0) is 6.42 Å². The Hall–Kier alpha value is -2.43. The minimum atomic E-state index is 0.703. The fourth-order valence-corrected chi connectivity index (χ4v) is 3.60. The molecule has 3 aromatic rings. The molecule has 0 unspecified atom stereocenters. The van der Waals surface area contributed by atoms with Crippen molar-refractivity contribution in [2.75, 3.05) is 0 Å². The average molecular weight is 366 g/mol. The second-order valence-corrected chi connectivity index (χ2v) is 7.11. The van der Waals surface area contributed by atoms with Crippen LogP contribution in [0, 0.1) is 0 Å². The van der Waals surface area contributed by atoms with Gasteiger partial charge in [-0.15, -0.1) is 11.3 Å². The topological polar surface area (TPSA) is 36.8 Å². The molecule has 0 radical (unpaired) electrons. The third kappa shape index (κ3) is 3.23. The summed E-state index contributed by atoms with van der Waals surface area (Å²) >= 11 is 7.68. The summed E-state index contributed by atoms with van der Waals surface area (Å²) < 4.78 is 0. The maximum absolute atomic E-state index is 6.00. The number of amidine groups is 1. The van der Waals surface area contributed by atoms with Gasteiger partial charge in [0.25, 0.3) is 0 Å². The first-order valence-corrected chi connectivity index (χ1v) is 9.36. The zero-order chi connectivity index (χ0) is 17.2. The predicted molar refractivity (Wildman–Crippen MR) is 107 cm³/mol. The normalized spacial score (nSPS) is 13.4. The molecule has 0 atom stereocenters. The lowest BCUT2D eigenvalue weighted by Gasteiger charge is -2.07. The molecule has 2 aromatic carbocycles. The molecule has 1 aliphatic heterocycles. The Bertz CT molecular complexity index is 957. The first-order chi connectivity index (χ1) is 12.2. The van der Waals surface area contributed by atoms with Gasteiger partial charge in [0.2, 0.25) is 0 Å². The molecule has 0 saturated carbocycles. The van der Waals surface area contributed by atoms with E-state index >= 15 is 0 Å². The highest BCUT2D eigenvalue weighted by Crippen LogP contribution is 2.28. The number of aliphatic imine (C=N–C) groups is 1. The highest BCUT2D eigenvalue weighted by atomic mass is 35.5. The number of hydrogen-bond donors (Lipinski definition) is 1. The Labute approximate surface area is 155 Å². The lowest BCUT2D eigenvalue weighted by molar-refractivity contribution is 1.03. The molecule has 0 saturated heterocycles. The van der Waals surface area contributed by atoms with Gasteiger partial charge in [0.15, 0.2) is 5.84 Å². The zero-order valence-electron chi connectivity index (χ0n) is 13.7. The lowest BCUT2D eigenvalue weighted by Crippen LogP contribution is -2.19. The number of benzene rings is 2. The molecule has 25 heavy (non-hydrogen) atoms. The highest BCUT2D eigenvalue weighted by molar-refractivity contribution is 7.12. The Morgan fingerprint density at radius 1 is 1.08 bits per heavy atom. The maximum Gasteiger partial charge on any atom is 0.154 e. The van der Waals surface area contributed by atoms with Crippen LogP contribution < -0.4 is 5.43 Å². The first-order valence-electron chi connectivity index (χ1n) is 8.10. The number of nitrogens with one attached hydrogen (secondary N) is 1. The van der Waals surface area contributed by atoms with Gasteiger partial charge in [0, 0.05) is 16.1 Å². The van der Waals surface area contributed by atoms with Crippen LogP contribution in [-0.4, -0.2) is 11.5 Å². The van der Waals surface area contributed by atoms with Crippen LogP contribution in [0.15, 0.2) is 70.1 Å². The molecule has 1 aliphatic rings. The maximum atomic E-state index is 6.00. The number of hydrogen-bond acceptors (Lipinski definition) is 4. The third-order valence-corrected chi connectivity index (χ3v) is 5.23. The van der Waals surface area contributed by atoms with E-state index in [9.17, 15) is 0 Å². The van der Waals surface area contributed by atoms with Crippen molar-refractivity contribution in [2.45, 2.75) is 13.3 Å². The van der Waals surface area contributed by atoms with E-state index < -0.39 is 0 Å². The number of rotatable bonds is 3. The largest absolute Gasteiger partial charge is 0.260 e. The summed E-state index contributed by atoms with van der Waals surface area (Å²) in [6, 6.07) is 18.1. The Morgan fingerprint density at radius 2 is 1.92 bits per heavy atom. The lowest BCUT2D eigenvalue weighted by atomic mass is 10.0. The monoisotopic (exact) mass is 365 g/mol. The summed E-state index contributed by atoms with van der Waals surface area (Å²) in [5.74, 6) is 0.716. The summed E-state index contributed by atoms with van der Waals surface area (Å²) in [7, 11) is 0. The molecule has 0 aliphatic carbocycles. The van der Waals surface area contributed by atoms with Crippen molar-refractivity contribution in [1.82, 2.24) is 5.43 Å². The van der Waals surface area contributed by atoms with E-state index in [1.165, 1.54) is 5.56 Å². The smallest absolute Gasteiger partial charge is 0.154 e. The number of thiophene rings is 1. The zero-order valence-corrected chi connectivity index (χ0v) is 15.2. The van der Waals surface area contributed by atoms with Crippen LogP contribution in [0.5, 0.6) is 0 Å². The molecule has 1 aromatic heterocycles. The molecule has 4 rings (SSSR count). The van der Waals surface area contributed by atoms with Gasteiger partial charge >= 0.3 is 0 Å². The van der Waals surface area contributed by atoms with E-state index in [4.69, 9.17) is 16.6 Å². The number of nitrogens with zero attached hydrogens (tertiary/aromatic N) is 2. The van der Waals surface area contributed by atoms with Gasteiger partial charge in [-0.25, -0.2) is 4.99 Å². The molecule has 124 valence electrons. The van der Waals surface area contributed by atoms with Crippen LogP contribution in [0.25, 0.3) is 0 Å². The highest BCUT2D eigenvalue weighted by Gasteiger charge is 2.18. The molecule has 5 heteroatoms. The molecular formula is C20H16ClN3S. The van der Waals surface area contributed by atoms with E-state index in [1.54, 1.807) is 11.3 Å². The second kappa shape index (κ2) is 6.82. The van der Waals surface area contributed by atoms with Crippen LogP contribution >= 0.6 is 22.9 Å². The number of halogens is 1. The standard InChI is InChI=1S/C20H16ClN3S/c1-2-13-5-10-17-16(12-13)19(18-4-3-11-25-18)23-24-20(22-17)14-6-8-15(21)9-7-14/h3-12H,2H2,1H3,(H,22,24). The van der Waals surface area contributed by atoms with Gasteiger partial charge in [0.05, 0.1) is 10.6 Å². The van der Waals surface area contributed by atoms with Crippen molar-refractivity contribution >= 4 is 40.2 Å². The molecular weight excluding hydrogens is 350 g/mol. The van der Waals surface area contributed by atoms with E-state index in [2.05, 4.69) is 47.1 Å². The predicted octanol–water partition coefficient (Wildman–Crippen LogP) is 5.40. The van der Waals surface area contributed by atoms with Crippen molar-refractivity contribution in [3.63, 3.8) is 0 Å². The number of hydrazone groups is 1. The first kappa shape index (κ1) is 16.1. The minimum Gasteiger partial charge on any atom is -0.260 e. The van der Waals surface area contributed by atoms with Crippen LogP contribution in [0.3, 0.4) is 0 Å². The summed E-state index contributed by atoms with van der Waals surface area (Å²) in [5, 5.41) is 7.44. The van der Waals surface area contributed by atoms with E-state index in [-0.39, 0.29) is 0 Å². The minimum absolute atomic E-state index is 0.703. The molecule has 0 fully saturated rings. The Kier molecular flexibility index (Phi) is 4.38. The van der Waals surface area contributed by atoms with E-state index in [1.807, 2.05) is 30.3 Å². The van der Waals surface area contributed by atoms with Gasteiger partial charge in [-0.1, -0.05) is 30.7 Å². The Morgan fingerprint density at radius 3 is 2.64 bits per heavy atom. The van der Waals surface area contributed by atoms with Crippen LogP contribution in [0.1, 0.15) is 28.5 Å². The average Bonchev–Trinajstić information content (AvgIpc) is 3.10. The summed E-state index contributed by atoms with van der Waals surface area (Å²) in [4.78, 5) is 5.95. The van der Waals surface area contributed by atoms with Gasteiger partial charge in [-0.3, -0.25) is 5.43 Å². The molecule has 1 N–H and O–H groups in total. The molecule has 2 heterocycles. The quantitative estimate of drug-likeness (QED) is 0.663. The van der Waals surface area contributed by atoms with E-state index in [0.29, 0.717) is 10.9 Å². The van der Waals surface area contributed by atoms with Crippen molar-refractivity contribution in [3.8, 4) is 0 Å². The van der Waals surface area contributed by atoms with E-state index in [0.717, 1.165) is 33.8 Å². The summed E-state index contributed by atoms with van der Waals surface area (Å²) in [6.07, 6.45) is 0.978. The van der Waals surface area contributed by atoms with Gasteiger partial charge in [-0.05, 0) is 59.8 Å². The third-order valence-electron chi connectivity index (χ3n) is 4.10. The summed E-state index contributed by atoms with van der Waals surface area (Å²) in [5.41, 5.74) is 8.26. The van der Waals surface area contributed by atoms with Crippen LogP contribution in [0.2, 0.25) is 5.02 Å². The Balaban J connectivity index is 1.86. The summed E-state index contributed by atoms with van der Waals surface area (Å²) in [6.45, 7) is 2.15. The van der Waals surface area contributed by atoms with Crippen molar-refractivity contribution < 1.29 is 0 Å². The molecule has 0 amide bonds. The van der Waals surface area contributed by atoms with Gasteiger partial charge < -0.3 is 0 Å². The van der Waals surface area contributed by atoms with Crippen LogP contribution in [0.4, 0.5) is 5.69 Å². The van der Waals surface area contributed by atoms with Crippen molar-refractivity contribution in [2.24, 2.45) is 10.1 Å². The fraction of sp³-hybridized carbons (Fsp3) is 0.100. The molecule has 3 nitrogen and oxygen atoms in total. The number of fused-ring (bicyclic) bond motifs is 1. The molecule has 0 spiro atoms.